The molecule has 0 bridgehead atoms. The van der Waals surface area contributed by atoms with Crippen LogP contribution in [0.4, 0.5) is 30.6 Å². The van der Waals surface area contributed by atoms with E-state index in [-0.39, 0.29) is 11.8 Å². The summed E-state index contributed by atoms with van der Waals surface area (Å²) in [5.74, 6) is -0.133. The van der Waals surface area contributed by atoms with Gasteiger partial charge < -0.3 is 16.4 Å². The number of alkyl halides is 3. The maximum Gasteiger partial charge on any atom is 0.433 e. The topological polar surface area (TPSA) is 99.7 Å². The average molecular weight is 336 g/mol. The van der Waals surface area contributed by atoms with Gasteiger partial charge in [0.2, 0.25) is 5.95 Å². The standard InChI is InChI=1S/C15H15F3N6/c16-15(17,18)12-8-13(21-7-1-6-19)24-14(23-12)22-11-4-2-10(9-20)3-5-11/h2-5,8H,1,6-7,19H2,(H2,21,22,23,24). The van der Waals surface area contributed by atoms with Gasteiger partial charge in [0.1, 0.15) is 5.82 Å². The van der Waals surface area contributed by atoms with Gasteiger partial charge in [0.05, 0.1) is 11.6 Å². The Hall–Kier alpha value is -2.86. The lowest BCUT2D eigenvalue weighted by atomic mass is 10.2. The van der Waals surface area contributed by atoms with Crippen molar-refractivity contribution in [2.45, 2.75) is 12.6 Å². The minimum atomic E-state index is -4.59. The van der Waals surface area contributed by atoms with Crippen LogP contribution >= 0.6 is 0 Å². The van der Waals surface area contributed by atoms with Crippen LogP contribution in [0.3, 0.4) is 0 Å². The molecule has 1 heterocycles. The Morgan fingerprint density at radius 3 is 2.46 bits per heavy atom. The third-order valence-corrected chi connectivity index (χ3v) is 2.97. The van der Waals surface area contributed by atoms with Crippen LogP contribution in [-0.2, 0) is 6.18 Å². The molecule has 9 heteroatoms. The fraction of sp³-hybridized carbons (Fsp3) is 0.267. The van der Waals surface area contributed by atoms with Gasteiger partial charge >= 0.3 is 6.18 Å². The summed E-state index contributed by atoms with van der Waals surface area (Å²) in [6.45, 7) is 0.821. The molecule has 6 nitrogen and oxygen atoms in total. The molecular weight excluding hydrogens is 321 g/mol. The molecule has 0 spiro atoms. The van der Waals surface area contributed by atoms with E-state index < -0.39 is 11.9 Å². The first-order valence-corrected chi connectivity index (χ1v) is 7.10. The van der Waals surface area contributed by atoms with E-state index in [9.17, 15) is 13.2 Å². The lowest BCUT2D eigenvalue weighted by Gasteiger charge is -2.12. The fourth-order valence-electron chi connectivity index (χ4n) is 1.81. The van der Waals surface area contributed by atoms with Crippen LogP contribution in [0.5, 0.6) is 0 Å². The molecule has 0 amide bonds. The highest BCUT2D eigenvalue weighted by Gasteiger charge is 2.33. The Morgan fingerprint density at radius 1 is 1.17 bits per heavy atom. The summed E-state index contributed by atoms with van der Waals surface area (Å²) in [5, 5.41) is 14.2. The van der Waals surface area contributed by atoms with Gasteiger partial charge in [0.15, 0.2) is 5.69 Å². The monoisotopic (exact) mass is 336 g/mol. The third kappa shape index (κ3) is 4.82. The van der Waals surface area contributed by atoms with Crippen LogP contribution < -0.4 is 16.4 Å². The lowest BCUT2D eigenvalue weighted by Crippen LogP contribution is -2.14. The van der Waals surface area contributed by atoms with Gasteiger partial charge in [0, 0.05) is 18.3 Å². The van der Waals surface area contributed by atoms with Crippen molar-refractivity contribution in [3.63, 3.8) is 0 Å². The normalized spacial score (nSPS) is 11.0. The first-order valence-electron chi connectivity index (χ1n) is 7.10. The number of benzene rings is 1. The SMILES string of the molecule is N#Cc1ccc(Nc2nc(NCCCN)cc(C(F)(F)F)n2)cc1. The molecule has 0 unspecified atom stereocenters. The van der Waals surface area contributed by atoms with Gasteiger partial charge in [-0.1, -0.05) is 0 Å². The van der Waals surface area contributed by atoms with Crippen LogP contribution in [0, 0.1) is 11.3 Å². The van der Waals surface area contributed by atoms with Gasteiger partial charge in [-0.2, -0.15) is 23.4 Å². The molecule has 2 rings (SSSR count). The molecule has 0 aliphatic carbocycles. The molecule has 126 valence electrons. The minimum Gasteiger partial charge on any atom is -0.370 e. The zero-order valence-corrected chi connectivity index (χ0v) is 12.6. The van der Waals surface area contributed by atoms with Crippen molar-refractivity contribution in [2.75, 3.05) is 23.7 Å². The molecule has 2 aromatic rings. The Balaban J connectivity index is 2.26. The molecule has 4 N–H and O–H groups in total. The second-order valence-electron chi connectivity index (χ2n) is 4.84. The van der Waals surface area contributed by atoms with Crippen molar-refractivity contribution in [2.24, 2.45) is 5.73 Å². The number of halogens is 3. The second kappa shape index (κ2) is 7.61. The zero-order chi connectivity index (χ0) is 17.6. The van der Waals surface area contributed by atoms with Crippen molar-refractivity contribution in [3.05, 3.63) is 41.6 Å². The van der Waals surface area contributed by atoms with Crippen molar-refractivity contribution >= 4 is 17.5 Å². The summed E-state index contributed by atoms with van der Waals surface area (Å²) in [4.78, 5) is 7.51. The highest BCUT2D eigenvalue weighted by atomic mass is 19.4. The number of nitriles is 1. The fourth-order valence-corrected chi connectivity index (χ4v) is 1.81. The zero-order valence-electron chi connectivity index (χ0n) is 12.6. The number of anilines is 3. The molecule has 0 fully saturated rings. The molecule has 1 aromatic carbocycles. The van der Waals surface area contributed by atoms with E-state index in [1.54, 1.807) is 12.1 Å². The van der Waals surface area contributed by atoms with Gasteiger partial charge in [-0.15, -0.1) is 0 Å². The Labute approximate surface area is 136 Å². The minimum absolute atomic E-state index is 0.0573. The number of hydrogen-bond donors (Lipinski definition) is 3. The summed E-state index contributed by atoms with van der Waals surface area (Å²) >= 11 is 0. The van der Waals surface area contributed by atoms with Crippen LogP contribution in [0.25, 0.3) is 0 Å². The van der Waals surface area contributed by atoms with E-state index in [0.717, 1.165) is 6.07 Å². The maximum absolute atomic E-state index is 13.0. The van der Waals surface area contributed by atoms with Crippen LogP contribution in [0.15, 0.2) is 30.3 Å². The number of rotatable bonds is 6. The van der Waals surface area contributed by atoms with E-state index in [4.69, 9.17) is 11.0 Å². The van der Waals surface area contributed by atoms with Crippen LogP contribution in [0.1, 0.15) is 17.7 Å². The van der Waals surface area contributed by atoms with E-state index in [1.807, 2.05) is 6.07 Å². The summed E-state index contributed by atoms with van der Waals surface area (Å²) < 4.78 is 38.9. The maximum atomic E-state index is 13.0. The molecule has 0 aliphatic heterocycles. The smallest absolute Gasteiger partial charge is 0.370 e. The van der Waals surface area contributed by atoms with Gasteiger partial charge in [-0.3, -0.25) is 0 Å². The molecule has 0 saturated carbocycles. The van der Waals surface area contributed by atoms with Crippen molar-refractivity contribution < 1.29 is 13.2 Å². The summed E-state index contributed by atoms with van der Waals surface area (Å²) in [7, 11) is 0. The van der Waals surface area contributed by atoms with Crippen molar-refractivity contribution in [3.8, 4) is 6.07 Å². The molecule has 0 saturated heterocycles. The highest BCUT2D eigenvalue weighted by Crippen LogP contribution is 2.30. The molecule has 0 aliphatic rings. The number of nitrogens with one attached hydrogen (secondary N) is 2. The van der Waals surface area contributed by atoms with E-state index in [1.165, 1.54) is 12.1 Å². The highest BCUT2D eigenvalue weighted by molar-refractivity contribution is 5.56. The van der Waals surface area contributed by atoms with Crippen molar-refractivity contribution in [1.29, 1.82) is 5.26 Å². The average Bonchev–Trinajstić information content (AvgIpc) is 2.55. The Morgan fingerprint density at radius 2 is 1.88 bits per heavy atom. The largest absolute Gasteiger partial charge is 0.433 e. The first kappa shape index (κ1) is 17.5. The summed E-state index contributed by atoms with van der Waals surface area (Å²) in [6, 6.07) is 9.00. The molecule has 0 atom stereocenters. The summed E-state index contributed by atoms with van der Waals surface area (Å²) in [6.07, 6.45) is -3.99. The number of hydrogen-bond acceptors (Lipinski definition) is 6. The van der Waals surface area contributed by atoms with Crippen LogP contribution in [-0.4, -0.2) is 23.1 Å². The number of nitrogens with two attached hydrogens (primary N) is 1. The Kier molecular flexibility index (Phi) is 5.55. The molecule has 0 radical (unpaired) electrons. The number of aromatic nitrogens is 2. The third-order valence-electron chi connectivity index (χ3n) is 2.97. The van der Waals surface area contributed by atoms with E-state index >= 15 is 0 Å². The molecule has 24 heavy (non-hydrogen) atoms. The Bertz CT molecular complexity index is 721. The van der Waals surface area contributed by atoms with Crippen molar-refractivity contribution in [1.82, 2.24) is 9.97 Å². The van der Waals surface area contributed by atoms with Gasteiger partial charge in [-0.05, 0) is 37.2 Å². The van der Waals surface area contributed by atoms with Gasteiger partial charge in [-0.25, -0.2) is 4.98 Å². The molecule has 1 aromatic heterocycles. The molecular formula is C15H15F3N6. The van der Waals surface area contributed by atoms with E-state index in [0.29, 0.717) is 30.8 Å². The predicted octanol–water partition coefficient (Wildman–Crippen LogP) is 2.87. The number of nitrogens with zero attached hydrogens (tertiary/aromatic N) is 3. The quantitative estimate of drug-likeness (QED) is 0.702. The summed E-state index contributed by atoms with van der Waals surface area (Å²) in [5.41, 5.74) is 5.22. The van der Waals surface area contributed by atoms with Crippen LogP contribution in [0.2, 0.25) is 0 Å². The first-order chi connectivity index (χ1) is 11.4. The second-order valence-corrected chi connectivity index (χ2v) is 4.84. The lowest BCUT2D eigenvalue weighted by molar-refractivity contribution is -0.141. The van der Waals surface area contributed by atoms with Gasteiger partial charge in [0.25, 0.3) is 0 Å². The van der Waals surface area contributed by atoms with E-state index in [2.05, 4.69) is 20.6 Å². The predicted molar refractivity (Wildman–Crippen MR) is 83.6 cm³/mol.